The summed E-state index contributed by atoms with van der Waals surface area (Å²) in [4.78, 5) is 2.27. The highest BCUT2D eigenvalue weighted by molar-refractivity contribution is 6.31. The van der Waals surface area contributed by atoms with Gasteiger partial charge in [0.05, 0.1) is 0 Å². The molecule has 0 aliphatic carbocycles. The van der Waals surface area contributed by atoms with Crippen LogP contribution in [0.4, 0.5) is 5.69 Å². The minimum atomic E-state index is 0.266. The van der Waals surface area contributed by atoms with Crippen LogP contribution in [0.5, 0.6) is 0 Å². The van der Waals surface area contributed by atoms with Gasteiger partial charge in [0.1, 0.15) is 0 Å². The zero-order valence-corrected chi connectivity index (χ0v) is 12.5. The average Bonchev–Trinajstić information content (AvgIpc) is 2.34. The maximum absolute atomic E-state index is 6.35. The number of halogens is 1. The van der Waals surface area contributed by atoms with Crippen molar-refractivity contribution < 1.29 is 0 Å². The third-order valence-corrected chi connectivity index (χ3v) is 3.42. The number of nitrogens with one attached hydrogen (secondary N) is 1. The zero-order valence-electron chi connectivity index (χ0n) is 11.8. The van der Waals surface area contributed by atoms with Crippen LogP contribution in [0.15, 0.2) is 30.4 Å². The molecule has 100 valence electrons. The van der Waals surface area contributed by atoms with E-state index in [9.17, 15) is 0 Å². The van der Waals surface area contributed by atoms with Crippen molar-refractivity contribution in [2.45, 2.75) is 26.8 Å². The molecule has 2 nitrogen and oxygen atoms in total. The summed E-state index contributed by atoms with van der Waals surface area (Å²) in [5.74, 6) is 0. The van der Waals surface area contributed by atoms with E-state index in [1.165, 1.54) is 0 Å². The number of nitrogens with zero attached hydrogens (tertiary/aromatic N) is 1. The predicted molar refractivity (Wildman–Crippen MR) is 81.6 cm³/mol. The van der Waals surface area contributed by atoms with Crippen LogP contribution in [0.2, 0.25) is 5.02 Å². The molecule has 1 unspecified atom stereocenters. The average molecular weight is 267 g/mol. The van der Waals surface area contributed by atoms with Gasteiger partial charge in [0, 0.05) is 29.8 Å². The van der Waals surface area contributed by atoms with Crippen LogP contribution in [-0.4, -0.2) is 20.1 Å². The van der Waals surface area contributed by atoms with Crippen molar-refractivity contribution in [3.05, 3.63) is 40.9 Å². The molecule has 0 spiro atoms. The van der Waals surface area contributed by atoms with Gasteiger partial charge in [-0.1, -0.05) is 29.8 Å². The maximum Gasteiger partial charge on any atom is 0.0474 e. The lowest BCUT2D eigenvalue weighted by Crippen LogP contribution is -2.24. The van der Waals surface area contributed by atoms with Gasteiger partial charge in [-0.15, -0.1) is 0 Å². The number of anilines is 1. The van der Waals surface area contributed by atoms with Crippen LogP contribution in [0.3, 0.4) is 0 Å². The molecule has 1 atom stereocenters. The Kier molecular flexibility index (Phi) is 5.70. The van der Waals surface area contributed by atoms with Crippen molar-refractivity contribution in [1.29, 1.82) is 0 Å². The van der Waals surface area contributed by atoms with Crippen LogP contribution in [0, 0.1) is 0 Å². The quantitative estimate of drug-likeness (QED) is 0.783. The Morgan fingerprint density at radius 3 is 2.61 bits per heavy atom. The first-order valence-electron chi connectivity index (χ1n) is 6.35. The molecular formula is C15H23ClN2. The highest BCUT2D eigenvalue weighted by Gasteiger charge is 2.11. The molecule has 0 aliphatic heterocycles. The molecule has 1 N–H and O–H groups in total. The molecule has 0 fully saturated rings. The van der Waals surface area contributed by atoms with Crippen LogP contribution in [0.1, 0.15) is 32.4 Å². The van der Waals surface area contributed by atoms with E-state index in [4.69, 9.17) is 11.6 Å². The monoisotopic (exact) mass is 266 g/mol. The molecule has 18 heavy (non-hydrogen) atoms. The van der Waals surface area contributed by atoms with E-state index < -0.39 is 0 Å². The summed E-state index contributed by atoms with van der Waals surface area (Å²) in [6.07, 6.45) is 0. The summed E-state index contributed by atoms with van der Waals surface area (Å²) in [7, 11) is 1.94. The van der Waals surface area contributed by atoms with Crippen molar-refractivity contribution >= 4 is 17.3 Å². The molecule has 0 aromatic heterocycles. The lowest BCUT2D eigenvalue weighted by atomic mass is 10.1. The van der Waals surface area contributed by atoms with Gasteiger partial charge in [-0.05, 0) is 45.5 Å². The van der Waals surface area contributed by atoms with Crippen molar-refractivity contribution in [2.24, 2.45) is 0 Å². The van der Waals surface area contributed by atoms with Gasteiger partial charge >= 0.3 is 0 Å². The van der Waals surface area contributed by atoms with Crippen molar-refractivity contribution in [3.8, 4) is 0 Å². The molecule has 0 saturated heterocycles. The fraction of sp³-hybridized carbons (Fsp3) is 0.467. The molecule has 0 bridgehead atoms. The van der Waals surface area contributed by atoms with Crippen LogP contribution in [-0.2, 0) is 0 Å². The molecular weight excluding hydrogens is 244 g/mol. The van der Waals surface area contributed by atoms with Gasteiger partial charge in [-0.2, -0.15) is 0 Å². The summed E-state index contributed by atoms with van der Waals surface area (Å²) < 4.78 is 0. The van der Waals surface area contributed by atoms with E-state index in [0.717, 1.165) is 34.9 Å². The second-order valence-corrected chi connectivity index (χ2v) is 5.09. The minimum Gasteiger partial charge on any atom is -0.368 e. The molecule has 0 aliphatic rings. The van der Waals surface area contributed by atoms with E-state index in [1.54, 1.807) is 0 Å². The summed E-state index contributed by atoms with van der Waals surface area (Å²) in [5.41, 5.74) is 3.44. The number of hydrogen-bond acceptors (Lipinski definition) is 2. The first kappa shape index (κ1) is 15.1. The van der Waals surface area contributed by atoms with Crippen molar-refractivity contribution in [1.82, 2.24) is 5.32 Å². The summed E-state index contributed by atoms with van der Waals surface area (Å²) in [6.45, 7) is 12.1. The number of rotatable bonds is 6. The second kappa shape index (κ2) is 6.81. The van der Waals surface area contributed by atoms with E-state index >= 15 is 0 Å². The Morgan fingerprint density at radius 2 is 2.17 bits per heavy atom. The van der Waals surface area contributed by atoms with Gasteiger partial charge in [0.15, 0.2) is 0 Å². The topological polar surface area (TPSA) is 15.3 Å². The molecule has 1 aromatic carbocycles. The lowest BCUT2D eigenvalue weighted by Gasteiger charge is -2.24. The van der Waals surface area contributed by atoms with Crippen LogP contribution in [0.25, 0.3) is 0 Å². The second-order valence-electron chi connectivity index (χ2n) is 4.69. The normalized spacial score (nSPS) is 12.3. The van der Waals surface area contributed by atoms with Gasteiger partial charge in [-0.3, -0.25) is 0 Å². The molecule has 1 rings (SSSR count). The molecule has 0 heterocycles. The lowest BCUT2D eigenvalue weighted by molar-refractivity contribution is 0.652. The number of likely N-dealkylation sites (N-methyl/N-ethyl adjacent to an activating group) is 1. The Hall–Kier alpha value is -0.990. The Morgan fingerprint density at radius 1 is 1.50 bits per heavy atom. The molecule has 1 aromatic rings. The summed E-state index contributed by atoms with van der Waals surface area (Å²) >= 11 is 6.35. The first-order chi connectivity index (χ1) is 8.49. The molecule has 0 radical (unpaired) electrons. The van der Waals surface area contributed by atoms with E-state index in [0.29, 0.717) is 0 Å². The number of benzene rings is 1. The van der Waals surface area contributed by atoms with Crippen molar-refractivity contribution in [2.75, 3.05) is 25.0 Å². The summed E-state index contributed by atoms with van der Waals surface area (Å²) in [6, 6.07) is 6.53. The molecule has 0 saturated carbocycles. The minimum absolute atomic E-state index is 0.266. The highest BCUT2D eigenvalue weighted by atomic mass is 35.5. The summed E-state index contributed by atoms with van der Waals surface area (Å²) in [5, 5.41) is 4.02. The van der Waals surface area contributed by atoms with Crippen LogP contribution >= 0.6 is 11.6 Å². The highest BCUT2D eigenvalue weighted by Crippen LogP contribution is 2.28. The van der Waals surface area contributed by atoms with Gasteiger partial charge in [0.25, 0.3) is 0 Å². The first-order valence-corrected chi connectivity index (χ1v) is 6.73. The molecule has 3 heteroatoms. The van der Waals surface area contributed by atoms with E-state index in [1.807, 2.05) is 20.0 Å². The Bertz CT molecular complexity index is 415. The van der Waals surface area contributed by atoms with Crippen molar-refractivity contribution in [3.63, 3.8) is 0 Å². The predicted octanol–water partition coefficient (Wildman–Crippen LogP) is 4.02. The fourth-order valence-corrected chi connectivity index (χ4v) is 2.27. The van der Waals surface area contributed by atoms with Gasteiger partial charge < -0.3 is 10.2 Å². The third-order valence-electron chi connectivity index (χ3n) is 3.09. The van der Waals surface area contributed by atoms with Gasteiger partial charge in [-0.25, -0.2) is 0 Å². The van der Waals surface area contributed by atoms with E-state index in [2.05, 4.69) is 42.8 Å². The van der Waals surface area contributed by atoms with Gasteiger partial charge in [0.2, 0.25) is 0 Å². The third kappa shape index (κ3) is 3.76. The van der Waals surface area contributed by atoms with Crippen LogP contribution < -0.4 is 10.2 Å². The largest absolute Gasteiger partial charge is 0.368 e. The smallest absolute Gasteiger partial charge is 0.0474 e. The fourth-order valence-electron chi connectivity index (χ4n) is 1.93. The number of hydrogen-bond donors (Lipinski definition) is 1. The molecule has 0 amide bonds. The maximum atomic E-state index is 6.35. The Labute approximate surface area is 116 Å². The zero-order chi connectivity index (χ0) is 13.7. The Balaban J connectivity index is 2.98. The standard InChI is InChI=1S/C15H23ClN2/c1-6-18(10-11(2)3)13-7-8-14(12(4)17-5)15(16)9-13/h7-9,12,17H,2,6,10H2,1,3-5H3. The van der Waals surface area contributed by atoms with E-state index in [-0.39, 0.29) is 6.04 Å². The SMILES string of the molecule is C=C(C)CN(CC)c1ccc(C(C)NC)c(Cl)c1.